The number of nitrogens with zero attached hydrogens (tertiary/aromatic N) is 4. The maximum Gasteiger partial charge on any atom is 0.234 e. The number of para-hydroxylation sites is 1. The molecule has 6 nitrogen and oxygen atoms in total. The first-order valence-electron chi connectivity index (χ1n) is 9.63. The number of rotatable bonds is 6. The van der Waals surface area contributed by atoms with Crippen molar-refractivity contribution in [2.75, 3.05) is 11.1 Å². The molecule has 156 valence electrons. The van der Waals surface area contributed by atoms with Crippen molar-refractivity contribution in [2.24, 2.45) is 0 Å². The molecule has 0 atom stereocenters. The summed E-state index contributed by atoms with van der Waals surface area (Å²) in [6.07, 6.45) is 3.48. The molecule has 8 heteroatoms. The van der Waals surface area contributed by atoms with Gasteiger partial charge in [0.2, 0.25) is 5.91 Å². The highest BCUT2D eigenvalue weighted by atomic mass is 79.9. The molecule has 1 N–H and O–H groups in total. The molecule has 0 saturated carbocycles. The zero-order valence-electron chi connectivity index (χ0n) is 17.0. The average Bonchev–Trinajstić information content (AvgIpc) is 3.19. The smallest absolute Gasteiger partial charge is 0.234 e. The van der Waals surface area contributed by atoms with Gasteiger partial charge in [0.05, 0.1) is 11.4 Å². The molecular formula is C23H20BrN5OS. The standard InChI is InChI=1S/C23H20BrN5OS/c1-15-6-3-4-8-20(15)29-22(17-7-5-11-25-13-17)27-28-23(29)31-14-21(30)26-18-9-10-19(24)16(2)12-18/h3-13H,14H2,1-2H3,(H,26,30). The van der Waals surface area contributed by atoms with Crippen molar-refractivity contribution in [3.05, 3.63) is 82.6 Å². The molecule has 0 radical (unpaired) electrons. The Labute approximate surface area is 193 Å². The van der Waals surface area contributed by atoms with E-state index in [-0.39, 0.29) is 11.7 Å². The zero-order chi connectivity index (χ0) is 21.8. The molecule has 0 spiro atoms. The summed E-state index contributed by atoms with van der Waals surface area (Å²) in [5.41, 5.74) is 4.75. The number of nitrogens with one attached hydrogen (secondary N) is 1. The maximum absolute atomic E-state index is 12.6. The summed E-state index contributed by atoms with van der Waals surface area (Å²) in [6, 6.07) is 17.6. The third kappa shape index (κ3) is 4.86. The van der Waals surface area contributed by atoms with Gasteiger partial charge in [-0.1, -0.05) is 45.9 Å². The normalized spacial score (nSPS) is 10.8. The van der Waals surface area contributed by atoms with Crippen LogP contribution in [0.25, 0.3) is 17.1 Å². The zero-order valence-corrected chi connectivity index (χ0v) is 19.4. The van der Waals surface area contributed by atoms with E-state index >= 15 is 0 Å². The molecule has 0 bridgehead atoms. The molecule has 2 aromatic heterocycles. The molecule has 0 saturated heterocycles. The number of hydrogen-bond donors (Lipinski definition) is 1. The number of aromatic nitrogens is 4. The van der Waals surface area contributed by atoms with E-state index in [1.807, 2.05) is 73.0 Å². The summed E-state index contributed by atoms with van der Waals surface area (Å²) in [6.45, 7) is 4.03. The molecule has 0 aliphatic rings. The summed E-state index contributed by atoms with van der Waals surface area (Å²) < 4.78 is 2.99. The number of carbonyl (C=O) groups excluding carboxylic acids is 1. The molecule has 0 unspecified atom stereocenters. The van der Waals surface area contributed by atoms with Gasteiger partial charge in [-0.25, -0.2) is 0 Å². The van der Waals surface area contributed by atoms with Crippen LogP contribution in [-0.2, 0) is 4.79 Å². The van der Waals surface area contributed by atoms with Crippen LogP contribution in [0.4, 0.5) is 5.69 Å². The first-order chi connectivity index (χ1) is 15.0. The largest absolute Gasteiger partial charge is 0.325 e. The second kappa shape index (κ2) is 9.45. The fraction of sp³-hybridized carbons (Fsp3) is 0.130. The fourth-order valence-electron chi connectivity index (χ4n) is 3.13. The van der Waals surface area contributed by atoms with E-state index in [1.165, 1.54) is 11.8 Å². The molecule has 2 aromatic carbocycles. The lowest BCUT2D eigenvalue weighted by Gasteiger charge is -2.13. The predicted molar refractivity (Wildman–Crippen MR) is 128 cm³/mol. The highest BCUT2D eigenvalue weighted by molar-refractivity contribution is 9.10. The van der Waals surface area contributed by atoms with Gasteiger partial charge in [-0.3, -0.25) is 14.3 Å². The Morgan fingerprint density at radius 2 is 1.90 bits per heavy atom. The van der Waals surface area contributed by atoms with Gasteiger partial charge in [0.1, 0.15) is 0 Å². The van der Waals surface area contributed by atoms with Crippen molar-refractivity contribution in [1.29, 1.82) is 0 Å². The number of anilines is 1. The molecule has 2 heterocycles. The monoisotopic (exact) mass is 493 g/mol. The molecule has 1 amide bonds. The van der Waals surface area contributed by atoms with Crippen molar-refractivity contribution in [1.82, 2.24) is 19.7 Å². The summed E-state index contributed by atoms with van der Waals surface area (Å²) in [5.74, 6) is 0.800. The van der Waals surface area contributed by atoms with Gasteiger partial charge in [-0.05, 0) is 61.4 Å². The second-order valence-electron chi connectivity index (χ2n) is 6.97. The minimum atomic E-state index is -0.103. The molecule has 4 rings (SSSR count). The van der Waals surface area contributed by atoms with Crippen LogP contribution in [0, 0.1) is 13.8 Å². The number of thioether (sulfide) groups is 1. The molecule has 0 aliphatic carbocycles. The number of amides is 1. The minimum Gasteiger partial charge on any atom is -0.325 e. The summed E-state index contributed by atoms with van der Waals surface area (Å²) in [4.78, 5) is 16.8. The number of hydrogen-bond acceptors (Lipinski definition) is 5. The van der Waals surface area contributed by atoms with E-state index in [1.54, 1.807) is 12.4 Å². The van der Waals surface area contributed by atoms with Crippen LogP contribution in [0.15, 0.2) is 76.6 Å². The molecule has 4 aromatic rings. The molecule has 0 aliphatic heterocycles. The van der Waals surface area contributed by atoms with Crippen molar-refractivity contribution in [3.63, 3.8) is 0 Å². The van der Waals surface area contributed by atoms with Gasteiger partial charge in [-0.15, -0.1) is 10.2 Å². The Balaban J connectivity index is 1.59. The Bertz CT molecular complexity index is 1230. The third-order valence-corrected chi connectivity index (χ3v) is 6.50. The van der Waals surface area contributed by atoms with Crippen LogP contribution < -0.4 is 5.32 Å². The minimum absolute atomic E-state index is 0.103. The fourth-order valence-corrected chi connectivity index (χ4v) is 4.12. The lowest BCUT2D eigenvalue weighted by Crippen LogP contribution is -2.14. The third-order valence-electron chi connectivity index (χ3n) is 4.68. The van der Waals surface area contributed by atoms with Gasteiger partial charge in [0.25, 0.3) is 0 Å². The molecular weight excluding hydrogens is 474 g/mol. The number of benzene rings is 2. The van der Waals surface area contributed by atoms with E-state index < -0.39 is 0 Å². The van der Waals surface area contributed by atoms with E-state index in [4.69, 9.17) is 0 Å². The van der Waals surface area contributed by atoms with Crippen LogP contribution >= 0.6 is 27.7 Å². The number of aryl methyl sites for hydroxylation is 2. The lowest BCUT2D eigenvalue weighted by atomic mass is 10.2. The summed E-state index contributed by atoms with van der Waals surface area (Å²) in [5, 5.41) is 12.4. The number of carbonyl (C=O) groups is 1. The SMILES string of the molecule is Cc1cc(NC(=O)CSc2nnc(-c3cccnc3)n2-c2ccccc2C)ccc1Br. The molecule has 0 fully saturated rings. The summed E-state index contributed by atoms with van der Waals surface area (Å²) in [7, 11) is 0. The van der Waals surface area contributed by atoms with Gasteiger partial charge in [-0.2, -0.15) is 0 Å². The Kier molecular flexibility index (Phi) is 6.48. The van der Waals surface area contributed by atoms with Crippen molar-refractivity contribution >= 4 is 39.3 Å². The van der Waals surface area contributed by atoms with Crippen LogP contribution in [0.5, 0.6) is 0 Å². The first-order valence-corrected chi connectivity index (χ1v) is 11.4. The maximum atomic E-state index is 12.6. The van der Waals surface area contributed by atoms with E-state index in [9.17, 15) is 4.79 Å². The first kappa shape index (κ1) is 21.3. The van der Waals surface area contributed by atoms with Crippen LogP contribution in [-0.4, -0.2) is 31.4 Å². The van der Waals surface area contributed by atoms with Gasteiger partial charge < -0.3 is 5.32 Å². The summed E-state index contributed by atoms with van der Waals surface area (Å²) >= 11 is 4.82. The van der Waals surface area contributed by atoms with Gasteiger partial charge in [0, 0.05) is 28.1 Å². The predicted octanol–water partition coefficient (Wildman–Crippen LogP) is 5.44. The van der Waals surface area contributed by atoms with Gasteiger partial charge >= 0.3 is 0 Å². The quantitative estimate of drug-likeness (QED) is 0.362. The highest BCUT2D eigenvalue weighted by Gasteiger charge is 2.18. The van der Waals surface area contributed by atoms with Crippen molar-refractivity contribution < 1.29 is 4.79 Å². The van der Waals surface area contributed by atoms with Crippen LogP contribution in [0.2, 0.25) is 0 Å². The van der Waals surface area contributed by atoms with Crippen molar-refractivity contribution in [2.45, 2.75) is 19.0 Å². The average molecular weight is 494 g/mol. The Morgan fingerprint density at radius 3 is 2.65 bits per heavy atom. The lowest BCUT2D eigenvalue weighted by molar-refractivity contribution is -0.113. The van der Waals surface area contributed by atoms with Crippen molar-refractivity contribution in [3.8, 4) is 17.1 Å². The number of halogens is 1. The Hall–Kier alpha value is -2.97. The second-order valence-corrected chi connectivity index (χ2v) is 8.77. The van der Waals surface area contributed by atoms with Crippen LogP contribution in [0.3, 0.4) is 0 Å². The molecule has 31 heavy (non-hydrogen) atoms. The van der Waals surface area contributed by atoms with Gasteiger partial charge in [0.15, 0.2) is 11.0 Å². The van der Waals surface area contributed by atoms with Crippen LogP contribution in [0.1, 0.15) is 11.1 Å². The highest BCUT2D eigenvalue weighted by Crippen LogP contribution is 2.29. The number of pyridine rings is 1. The van der Waals surface area contributed by atoms with E-state index in [0.717, 1.165) is 32.5 Å². The van der Waals surface area contributed by atoms with E-state index in [0.29, 0.717) is 11.0 Å². The van der Waals surface area contributed by atoms with E-state index in [2.05, 4.69) is 36.4 Å². The topological polar surface area (TPSA) is 72.7 Å². The Morgan fingerprint density at radius 1 is 1.06 bits per heavy atom.